The van der Waals surface area contributed by atoms with Gasteiger partial charge in [-0.05, 0) is 40.8 Å². The smallest absolute Gasteiger partial charge is 0.251 e. The van der Waals surface area contributed by atoms with Crippen molar-refractivity contribution in [3.8, 4) is 0 Å². The number of aromatic nitrogens is 1. The second-order valence-corrected chi connectivity index (χ2v) is 5.91. The molecule has 5 nitrogen and oxygen atoms in total. The number of hydrogen-bond acceptors (Lipinski definition) is 3. The molecule has 0 spiro atoms. The lowest BCUT2D eigenvalue weighted by Crippen LogP contribution is -2.38. The van der Waals surface area contributed by atoms with Crippen LogP contribution in [0.1, 0.15) is 12.8 Å². The second kappa shape index (κ2) is 5.88. The highest BCUT2D eigenvalue weighted by atomic mass is 79.9. The van der Waals surface area contributed by atoms with Gasteiger partial charge in [-0.3, -0.25) is 9.59 Å². The van der Waals surface area contributed by atoms with Gasteiger partial charge >= 0.3 is 0 Å². The summed E-state index contributed by atoms with van der Waals surface area (Å²) in [6.07, 6.45) is 3.21. The summed E-state index contributed by atoms with van der Waals surface area (Å²) in [5.41, 5.74) is -0.215. The Morgan fingerprint density at radius 1 is 1.58 bits per heavy atom. The molecule has 1 aliphatic carbocycles. The van der Waals surface area contributed by atoms with Gasteiger partial charge in [0.15, 0.2) is 0 Å². The van der Waals surface area contributed by atoms with E-state index in [0.717, 1.165) is 17.3 Å². The second-order valence-electron chi connectivity index (χ2n) is 4.99. The van der Waals surface area contributed by atoms with E-state index >= 15 is 0 Å². The highest BCUT2D eigenvalue weighted by Gasteiger charge is 2.31. The molecule has 104 valence electrons. The SMILES string of the molecule is CN(CC(O)C1CC1)C(=O)Cn1cc(Br)ccc1=O. The maximum Gasteiger partial charge on any atom is 0.251 e. The molecule has 2 rings (SSSR count). The van der Waals surface area contributed by atoms with Crippen LogP contribution in [0.15, 0.2) is 27.6 Å². The molecule has 1 aromatic heterocycles. The monoisotopic (exact) mass is 328 g/mol. The number of pyridine rings is 1. The average Bonchev–Trinajstić information content (AvgIpc) is 3.17. The van der Waals surface area contributed by atoms with Crippen LogP contribution in [0.2, 0.25) is 0 Å². The molecule has 0 aromatic carbocycles. The number of carbonyl (C=O) groups is 1. The predicted octanol–water partition coefficient (Wildman–Crippen LogP) is 0.840. The largest absolute Gasteiger partial charge is 0.391 e. The van der Waals surface area contributed by atoms with Gasteiger partial charge in [0.2, 0.25) is 5.91 Å². The van der Waals surface area contributed by atoms with E-state index < -0.39 is 6.10 Å². The summed E-state index contributed by atoms with van der Waals surface area (Å²) >= 11 is 3.27. The Bertz CT molecular complexity index is 525. The van der Waals surface area contributed by atoms with Crippen LogP contribution in [0.5, 0.6) is 0 Å². The first-order chi connectivity index (χ1) is 8.97. The van der Waals surface area contributed by atoms with Crippen LogP contribution < -0.4 is 5.56 Å². The topological polar surface area (TPSA) is 62.5 Å². The molecule has 0 aliphatic heterocycles. The van der Waals surface area contributed by atoms with Gasteiger partial charge in [0.05, 0.1) is 6.10 Å². The fourth-order valence-corrected chi connectivity index (χ4v) is 2.28. The number of halogens is 1. The maximum absolute atomic E-state index is 12.0. The van der Waals surface area contributed by atoms with Gasteiger partial charge in [0.1, 0.15) is 6.54 Å². The van der Waals surface area contributed by atoms with Crippen molar-refractivity contribution < 1.29 is 9.90 Å². The molecule has 1 heterocycles. The minimum Gasteiger partial charge on any atom is -0.391 e. The number of nitrogens with zero attached hydrogens (tertiary/aromatic N) is 2. The van der Waals surface area contributed by atoms with Gasteiger partial charge in [-0.2, -0.15) is 0 Å². The van der Waals surface area contributed by atoms with E-state index in [1.54, 1.807) is 19.3 Å². The van der Waals surface area contributed by atoms with Crippen molar-refractivity contribution in [2.75, 3.05) is 13.6 Å². The van der Waals surface area contributed by atoms with Gasteiger partial charge in [0.25, 0.3) is 5.56 Å². The molecule has 1 saturated carbocycles. The van der Waals surface area contributed by atoms with Gasteiger partial charge in [-0.25, -0.2) is 0 Å². The normalized spacial score (nSPS) is 16.2. The number of carbonyl (C=O) groups excluding carboxylic acids is 1. The van der Waals surface area contributed by atoms with E-state index in [1.165, 1.54) is 15.5 Å². The zero-order valence-corrected chi connectivity index (χ0v) is 12.3. The molecule has 0 bridgehead atoms. The van der Waals surface area contributed by atoms with Gasteiger partial charge < -0.3 is 14.6 Å². The van der Waals surface area contributed by atoms with Crippen LogP contribution in [-0.4, -0.2) is 40.2 Å². The summed E-state index contributed by atoms with van der Waals surface area (Å²) in [6, 6.07) is 3.06. The molecule has 1 amide bonds. The van der Waals surface area contributed by atoms with Crippen molar-refractivity contribution in [1.82, 2.24) is 9.47 Å². The number of rotatable bonds is 5. The fraction of sp³-hybridized carbons (Fsp3) is 0.538. The molecule has 1 N–H and O–H groups in total. The summed E-state index contributed by atoms with van der Waals surface area (Å²) in [6.45, 7) is 0.318. The zero-order valence-electron chi connectivity index (χ0n) is 10.8. The maximum atomic E-state index is 12.0. The van der Waals surface area contributed by atoms with E-state index in [2.05, 4.69) is 15.9 Å². The van der Waals surface area contributed by atoms with Crippen LogP contribution in [0, 0.1) is 5.92 Å². The Morgan fingerprint density at radius 2 is 2.26 bits per heavy atom. The third kappa shape index (κ3) is 3.91. The average molecular weight is 329 g/mol. The number of aliphatic hydroxyl groups excluding tert-OH is 1. The highest BCUT2D eigenvalue weighted by molar-refractivity contribution is 9.10. The molecule has 0 saturated heterocycles. The summed E-state index contributed by atoms with van der Waals surface area (Å²) in [4.78, 5) is 25.1. The summed E-state index contributed by atoms with van der Waals surface area (Å²) in [5, 5.41) is 9.80. The van der Waals surface area contributed by atoms with Crippen molar-refractivity contribution in [2.24, 2.45) is 5.92 Å². The Hall–Kier alpha value is -1.14. The zero-order chi connectivity index (χ0) is 14.0. The van der Waals surface area contributed by atoms with Crippen molar-refractivity contribution >= 4 is 21.8 Å². The third-order valence-corrected chi connectivity index (χ3v) is 3.77. The van der Waals surface area contributed by atoms with Crippen molar-refractivity contribution in [1.29, 1.82) is 0 Å². The Kier molecular flexibility index (Phi) is 4.42. The van der Waals surface area contributed by atoms with Gasteiger partial charge in [-0.15, -0.1) is 0 Å². The molecule has 1 fully saturated rings. The minimum absolute atomic E-state index is 0.00778. The molecule has 1 aliphatic rings. The third-order valence-electron chi connectivity index (χ3n) is 3.31. The van der Waals surface area contributed by atoms with Gasteiger partial charge in [0, 0.05) is 30.3 Å². The Balaban J connectivity index is 1.95. The quantitative estimate of drug-likeness (QED) is 0.871. The molecule has 1 aromatic rings. The highest BCUT2D eigenvalue weighted by Crippen LogP contribution is 2.32. The molecular weight excluding hydrogens is 312 g/mol. The van der Waals surface area contributed by atoms with E-state index in [-0.39, 0.29) is 18.0 Å². The molecular formula is C13H17BrN2O3. The van der Waals surface area contributed by atoms with Crippen molar-refractivity contribution in [2.45, 2.75) is 25.5 Å². The summed E-state index contributed by atoms with van der Waals surface area (Å²) < 4.78 is 2.10. The van der Waals surface area contributed by atoms with Crippen LogP contribution in [0.3, 0.4) is 0 Å². The Morgan fingerprint density at radius 3 is 2.89 bits per heavy atom. The summed E-state index contributed by atoms with van der Waals surface area (Å²) in [7, 11) is 1.65. The lowest BCUT2D eigenvalue weighted by molar-refractivity contribution is -0.132. The van der Waals surface area contributed by atoms with E-state index in [9.17, 15) is 14.7 Å². The van der Waals surface area contributed by atoms with Crippen LogP contribution in [0.25, 0.3) is 0 Å². The Labute approximate surface area is 120 Å². The van der Waals surface area contributed by atoms with Crippen LogP contribution >= 0.6 is 15.9 Å². The van der Waals surface area contributed by atoms with E-state index in [1.807, 2.05) is 0 Å². The molecule has 19 heavy (non-hydrogen) atoms. The number of likely N-dealkylation sites (N-methyl/N-ethyl adjacent to an activating group) is 1. The first-order valence-corrected chi connectivity index (χ1v) is 7.04. The molecule has 1 unspecified atom stereocenters. The fourth-order valence-electron chi connectivity index (χ4n) is 1.90. The first kappa shape index (κ1) is 14.3. The lowest BCUT2D eigenvalue weighted by Gasteiger charge is -2.21. The lowest BCUT2D eigenvalue weighted by atomic mass is 10.2. The minimum atomic E-state index is -0.451. The molecule has 1 atom stereocenters. The van der Waals surface area contributed by atoms with Crippen molar-refractivity contribution in [3.63, 3.8) is 0 Å². The van der Waals surface area contributed by atoms with E-state index in [4.69, 9.17) is 0 Å². The van der Waals surface area contributed by atoms with Crippen LogP contribution in [-0.2, 0) is 11.3 Å². The number of aliphatic hydroxyl groups is 1. The number of hydrogen-bond donors (Lipinski definition) is 1. The van der Waals surface area contributed by atoms with E-state index in [0.29, 0.717) is 12.5 Å². The molecule has 6 heteroatoms. The first-order valence-electron chi connectivity index (χ1n) is 6.25. The standard InChI is InChI=1S/C13H17BrN2O3/c1-15(7-11(17)9-2-3-9)13(19)8-16-6-10(14)4-5-12(16)18/h4-6,9,11,17H,2-3,7-8H2,1H3. The summed E-state index contributed by atoms with van der Waals surface area (Å²) in [5.74, 6) is 0.156. The predicted molar refractivity (Wildman–Crippen MR) is 74.8 cm³/mol. The van der Waals surface area contributed by atoms with Crippen molar-refractivity contribution in [3.05, 3.63) is 33.2 Å². The van der Waals surface area contributed by atoms with Gasteiger partial charge in [-0.1, -0.05) is 0 Å². The number of amides is 1. The molecule has 0 radical (unpaired) electrons. The van der Waals surface area contributed by atoms with Crippen LogP contribution in [0.4, 0.5) is 0 Å².